The number of carboxylic acids is 1. The molecule has 2 atom stereocenters. The number of rotatable bonds is 11. The summed E-state index contributed by atoms with van der Waals surface area (Å²) >= 11 is 0. The molecule has 0 aromatic rings. The normalized spacial score (nSPS) is 13.8. The van der Waals surface area contributed by atoms with Gasteiger partial charge in [-0.3, -0.25) is 9.59 Å². The van der Waals surface area contributed by atoms with Crippen molar-refractivity contribution in [1.29, 1.82) is 0 Å². The lowest BCUT2D eigenvalue weighted by Crippen LogP contribution is -2.33. The van der Waals surface area contributed by atoms with E-state index in [0.29, 0.717) is 25.3 Å². The monoisotopic (exact) mass is 272 g/mol. The first-order chi connectivity index (χ1) is 9.04. The van der Waals surface area contributed by atoms with Crippen molar-refractivity contribution < 1.29 is 14.7 Å². The third-order valence-corrected chi connectivity index (χ3v) is 3.46. The van der Waals surface area contributed by atoms with Crippen molar-refractivity contribution in [2.24, 2.45) is 17.6 Å². The quantitative estimate of drug-likeness (QED) is 0.534. The number of amides is 1. The molecule has 19 heavy (non-hydrogen) atoms. The van der Waals surface area contributed by atoms with Crippen LogP contribution in [0.4, 0.5) is 0 Å². The van der Waals surface area contributed by atoms with Crippen molar-refractivity contribution in [2.45, 2.75) is 52.4 Å². The summed E-state index contributed by atoms with van der Waals surface area (Å²) in [6.45, 7) is 4.92. The Morgan fingerprint density at radius 2 is 1.89 bits per heavy atom. The van der Waals surface area contributed by atoms with Gasteiger partial charge in [0, 0.05) is 13.0 Å². The standard InChI is InChI=1S/C14H28N2O3/c1-3-5-12(14(18)19)10-16-13(17)7-6-11(4-2)8-9-15/h11-12H,3-10,15H2,1-2H3,(H,16,17)(H,18,19). The lowest BCUT2D eigenvalue weighted by molar-refractivity contribution is -0.141. The molecular weight excluding hydrogens is 244 g/mol. The maximum Gasteiger partial charge on any atom is 0.308 e. The summed E-state index contributed by atoms with van der Waals surface area (Å²) in [5.74, 6) is -0.879. The first kappa shape index (κ1) is 17.9. The molecule has 0 radical (unpaired) electrons. The molecule has 1 amide bonds. The van der Waals surface area contributed by atoms with Crippen LogP contribution in [0.3, 0.4) is 0 Å². The Balaban J connectivity index is 3.93. The fourth-order valence-corrected chi connectivity index (χ4v) is 2.11. The van der Waals surface area contributed by atoms with Gasteiger partial charge in [0.15, 0.2) is 0 Å². The first-order valence-electron chi connectivity index (χ1n) is 7.24. The van der Waals surface area contributed by atoms with E-state index in [9.17, 15) is 9.59 Å². The second kappa shape index (κ2) is 10.8. The molecule has 5 nitrogen and oxygen atoms in total. The number of carbonyl (C=O) groups excluding carboxylic acids is 1. The van der Waals surface area contributed by atoms with E-state index in [0.717, 1.165) is 25.7 Å². The van der Waals surface area contributed by atoms with Crippen molar-refractivity contribution in [3.05, 3.63) is 0 Å². The highest BCUT2D eigenvalue weighted by Gasteiger charge is 2.17. The number of hydrogen-bond donors (Lipinski definition) is 3. The zero-order valence-corrected chi connectivity index (χ0v) is 12.2. The van der Waals surface area contributed by atoms with Gasteiger partial charge in [-0.15, -0.1) is 0 Å². The molecule has 112 valence electrons. The van der Waals surface area contributed by atoms with Gasteiger partial charge in [0.25, 0.3) is 0 Å². The highest BCUT2D eigenvalue weighted by atomic mass is 16.4. The van der Waals surface area contributed by atoms with Gasteiger partial charge < -0.3 is 16.2 Å². The fraction of sp³-hybridized carbons (Fsp3) is 0.857. The largest absolute Gasteiger partial charge is 0.481 e. The molecule has 2 unspecified atom stereocenters. The van der Waals surface area contributed by atoms with Crippen LogP contribution in [-0.4, -0.2) is 30.1 Å². The van der Waals surface area contributed by atoms with E-state index in [-0.39, 0.29) is 12.5 Å². The molecule has 0 rings (SSSR count). The predicted molar refractivity (Wildman–Crippen MR) is 75.7 cm³/mol. The second-order valence-corrected chi connectivity index (χ2v) is 5.02. The molecule has 0 heterocycles. The van der Waals surface area contributed by atoms with Crippen LogP contribution in [0.1, 0.15) is 52.4 Å². The van der Waals surface area contributed by atoms with Crippen molar-refractivity contribution in [3.8, 4) is 0 Å². The summed E-state index contributed by atoms with van der Waals surface area (Å²) in [7, 11) is 0. The number of aliphatic carboxylic acids is 1. The lowest BCUT2D eigenvalue weighted by Gasteiger charge is -2.15. The summed E-state index contributed by atoms with van der Waals surface area (Å²) in [6, 6.07) is 0. The highest BCUT2D eigenvalue weighted by molar-refractivity contribution is 5.77. The third-order valence-electron chi connectivity index (χ3n) is 3.46. The molecule has 0 aliphatic heterocycles. The van der Waals surface area contributed by atoms with Crippen LogP contribution in [0, 0.1) is 11.8 Å². The van der Waals surface area contributed by atoms with Crippen LogP contribution in [0.5, 0.6) is 0 Å². The average molecular weight is 272 g/mol. The van der Waals surface area contributed by atoms with Gasteiger partial charge in [-0.1, -0.05) is 26.7 Å². The molecule has 0 saturated carbocycles. The van der Waals surface area contributed by atoms with Gasteiger partial charge in [0.2, 0.25) is 5.91 Å². The lowest BCUT2D eigenvalue weighted by atomic mass is 9.96. The maximum absolute atomic E-state index is 11.7. The Labute approximate surface area is 115 Å². The molecule has 0 aromatic heterocycles. The van der Waals surface area contributed by atoms with E-state index >= 15 is 0 Å². The minimum Gasteiger partial charge on any atom is -0.481 e. The topological polar surface area (TPSA) is 92.4 Å². The zero-order valence-electron chi connectivity index (χ0n) is 12.2. The molecule has 0 aromatic carbocycles. The molecule has 0 fully saturated rings. The van der Waals surface area contributed by atoms with Crippen molar-refractivity contribution in [1.82, 2.24) is 5.32 Å². The van der Waals surface area contributed by atoms with Crippen LogP contribution in [0.2, 0.25) is 0 Å². The third kappa shape index (κ3) is 8.59. The molecule has 5 heteroatoms. The summed E-state index contributed by atoms with van der Waals surface area (Å²) in [5.41, 5.74) is 5.51. The minimum atomic E-state index is -0.836. The Morgan fingerprint density at radius 3 is 2.37 bits per heavy atom. The Hall–Kier alpha value is -1.10. The first-order valence-corrected chi connectivity index (χ1v) is 7.24. The molecule has 4 N–H and O–H groups in total. The van der Waals surface area contributed by atoms with E-state index in [4.69, 9.17) is 10.8 Å². The van der Waals surface area contributed by atoms with Crippen molar-refractivity contribution in [3.63, 3.8) is 0 Å². The summed E-state index contributed by atoms with van der Waals surface area (Å²) in [6.07, 6.45) is 4.65. The molecule has 0 aliphatic carbocycles. The molecule has 0 saturated heterocycles. The van der Waals surface area contributed by atoms with Crippen LogP contribution < -0.4 is 11.1 Å². The Kier molecular flexibility index (Phi) is 10.2. The van der Waals surface area contributed by atoms with Gasteiger partial charge in [0.1, 0.15) is 0 Å². The average Bonchev–Trinajstić information content (AvgIpc) is 2.38. The Bertz CT molecular complexity index is 269. The molecule has 0 bridgehead atoms. The number of carboxylic acid groups (broad SMARTS) is 1. The van der Waals surface area contributed by atoms with Gasteiger partial charge in [-0.25, -0.2) is 0 Å². The van der Waals surface area contributed by atoms with Crippen molar-refractivity contribution >= 4 is 11.9 Å². The summed E-state index contributed by atoms with van der Waals surface area (Å²) in [5, 5.41) is 11.7. The highest BCUT2D eigenvalue weighted by Crippen LogP contribution is 2.14. The van der Waals surface area contributed by atoms with E-state index in [1.54, 1.807) is 0 Å². The molecule has 0 spiro atoms. The van der Waals surface area contributed by atoms with Crippen LogP contribution >= 0.6 is 0 Å². The molecule has 0 aliphatic rings. The number of carbonyl (C=O) groups is 2. The van der Waals surface area contributed by atoms with Gasteiger partial charge in [0.05, 0.1) is 5.92 Å². The van der Waals surface area contributed by atoms with E-state index < -0.39 is 11.9 Å². The number of hydrogen-bond acceptors (Lipinski definition) is 3. The predicted octanol–water partition coefficient (Wildman–Crippen LogP) is 1.76. The number of nitrogens with one attached hydrogen (secondary N) is 1. The second-order valence-electron chi connectivity index (χ2n) is 5.02. The van der Waals surface area contributed by atoms with Gasteiger partial charge in [-0.05, 0) is 31.7 Å². The van der Waals surface area contributed by atoms with Crippen molar-refractivity contribution in [2.75, 3.05) is 13.1 Å². The molecular formula is C14H28N2O3. The van der Waals surface area contributed by atoms with Crippen LogP contribution in [0.25, 0.3) is 0 Å². The summed E-state index contributed by atoms with van der Waals surface area (Å²) in [4.78, 5) is 22.6. The smallest absolute Gasteiger partial charge is 0.308 e. The van der Waals surface area contributed by atoms with Gasteiger partial charge >= 0.3 is 5.97 Å². The summed E-state index contributed by atoms with van der Waals surface area (Å²) < 4.78 is 0. The van der Waals surface area contributed by atoms with Crippen LogP contribution in [0.15, 0.2) is 0 Å². The van der Waals surface area contributed by atoms with E-state index in [1.165, 1.54) is 0 Å². The zero-order chi connectivity index (χ0) is 14.7. The SMILES string of the molecule is CCCC(CNC(=O)CCC(CC)CCN)C(=O)O. The fourth-order valence-electron chi connectivity index (χ4n) is 2.11. The van der Waals surface area contributed by atoms with Crippen LogP contribution in [-0.2, 0) is 9.59 Å². The van der Waals surface area contributed by atoms with E-state index in [2.05, 4.69) is 12.2 Å². The maximum atomic E-state index is 11.7. The number of nitrogens with two attached hydrogens (primary N) is 1. The van der Waals surface area contributed by atoms with Gasteiger partial charge in [-0.2, -0.15) is 0 Å². The Morgan fingerprint density at radius 1 is 1.21 bits per heavy atom. The minimum absolute atomic E-state index is 0.0576. The van der Waals surface area contributed by atoms with E-state index in [1.807, 2.05) is 6.92 Å².